The number of carbonyl (C=O) groups excluding carboxylic acids is 1. The Morgan fingerprint density at radius 3 is 2.52 bits per heavy atom. The van der Waals surface area contributed by atoms with E-state index in [0.29, 0.717) is 11.8 Å². The minimum atomic E-state index is 0.0536. The molecule has 1 saturated carbocycles. The van der Waals surface area contributed by atoms with Gasteiger partial charge in [0.05, 0.1) is 12.2 Å². The van der Waals surface area contributed by atoms with Gasteiger partial charge in [-0.25, -0.2) is 0 Å². The Labute approximate surface area is 130 Å². The van der Waals surface area contributed by atoms with Crippen LogP contribution in [0.4, 0.5) is 0 Å². The molecule has 0 bridgehead atoms. The monoisotopic (exact) mass is 294 g/mol. The van der Waals surface area contributed by atoms with E-state index in [9.17, 15) is 4.79 Å². The van der Waals surface area contributed by atoms with E-state index in [4.69, 9.17) is 0 Å². The summed E-state index contributed by atoms with van der Waals surface area (Å²) >= 11 is 0. The molecule has 21 heavy (non-hydrogen) atoms. The summed E-state index contributed by atoms with van der Waals surface area (Å²) in [7, 11) is 0. The maximum Gasteiger partial charge on any atom is 0.241 e. The largest absolute Gasteiger partial charge is 0.326 e. The van der Waals surface area contributed by atoms with Crippen LogP contribution in [0.2, 0.25) is 0 Å². The molecule has 1 heterocycles. The fourth-order valence-corrected chi connectivity index (χ4v) is 3.92. The normalized spacial score (nSPS) is 29.1. The molecular formula is C18H34N2O. The van der Waals surface area contributed by atoms with E-state index >= 15 is 0 Å². The first-order valence-electron chi connectivity index (χ1n) is 9.23. The van der Waals surface area contributed by atoms with Crippen LogP contribution in [0.15, 0.2) is 0 Å². The van der Waals surface area contributed by atoms with Crippen molar-refractivity contribution in [2.75, 3.05) is 6.54 Å². The third-order valence-corrected chi connectivity index (χ3v) is 5.58. The molecular weight excluding hydrogens is 260 g/mol. The van der Waals surface area contributed by atoms with E-state index in [1.165, 1.54) is 38.5 Å². The molecule has 3 atom stereocenters. The quantitative estimate of drug-likeness (QED) is 0.771. The lowest BCUT2D eigenvalue weighted by molar-refractivity contribution is -0.131. The summed E-state index contributed by atoms with van der Waals surface area (Å²) < 4.78 is 0. The SMILES string of the molecule is CCCC1NC(C(C)CC)C(=O)N1CCC1CCCCC1. The van der Waals surface area contributed by atoms with Crippen molar-refractivity contribution >= 4 is 5.91 Å². The number of hydrogen-bond donors (Lipinski definition) is 1. The highest BCUT2D eigenvalue weighted by Gasteiger charge is 2.40. The molecule has 0 aromatic carbocycles. The molecule has 3 nitrogen and oxygen atoms in total. The zero-order valence-corrected chi connectivity index (χ0v) is 14.2. The van der Waals surface area contributed by atoms with E-state index in [1.54, 1.807) is 0 Å². The van der Waals surface area contributed by atoms with Crippen molar-refractivity contribution in [3.8, 4) is 0 Å². The van der Waals surface area contributed by atoms with Gasteiger partial charge in [-0.1, -0.05) is 65.7 Å². The molecule has 1 amide bonds. The first kappa shape index (κ1) is 16.8. The van der Waals surface area contributed by atoms with Crippen LogP contribution in [0.25, 0.3) is 0 Å². The van der Waals surface area contributed by atoms with Crippen molar-refractivity contribution in [2.45, 2.75) is 90.8 Å². The average molecular weight is 294 g/mol. The van der Waals surface area contributed by atoms with Crippen molar-refractivity contribution in [3.05, 3.63) is 0 Å². The lowest BCUT2D eigenvalue weighted by Crippen LogP contribution is -2.38. The standard InChI is InChI=1S/C18H34N2O/c1-4-9-16-19-17(14(3)5-2)18(21)20(16)13-12-15-10-7-6-8-11-15/h14-17,19H,4-13H2,1-3H3. The predicted octanol–water partition coefficient (Wildman–Crippen LogP) is 3.93. The molecule has 3 unspecified atom stereocenters. The van der Waals surface area contributed by atoms with Crippen LogP contribution in [0, 0.1) is 11.8 Å². The summed E-state index contributed by atoms with van der Waals surface area (Å²) in [5.41, 5.74) is 0. The van der Waals surface area contributed by atoms with Gasteiger partial charge in [0, 0.05) is 6.54 Å². The van der Waals surface area contributed by atoms with Crippen molar-refractivity contribution in [1.29, 1.82) is 0 Å². The van der Waals surface area contributed by atoms with Gasteiger partial charge in [-0.2, -0.15) is 0 Å². The number of hydrogen-bond acceptors (Lipinski definition) is 2. The van der Waals surface area contributed by atoms with E-state index in [1.807, 2.05) is 0 Å². The predicted molar refractivity (Wildman–Crippen MR) is 88.0 cm³/mol. The van der Waals surface area contributed by atoms with E-state index in [0.717, 1.165) is 31.7 Å². The highest BCUT2D eigenvalue weighted by Crippen LogP contribution is 2.28. The molecule has 122 valence electrons. The highest BCUT2D eigenvalue weighted by molar-refractivity contribution is 5.84. The second-order valence-electron chi connectivity index (χ2n) is 7.16. The van der Waals surface area contributed by atoms with Gasteiger partial charge in [0.15, 0.2) is 0 Å². The fourth-order valence-electron chi connectivity index (χ4n) is 3.92. The van der Waals surface area contributed by atoms with Crippen LogP contribution >= 0.6 is 0 Å². The van der Waals surface area contributed by atoms with Gasteiger partial charge in [0.25, 0.3) is 0 Å². The molecule has 2 rings (SSSR count). The lowest BCUT2D eigenvalue weighted by atomic mass is 9.87. The molecule has 1 aliphatic carbocycles. The molecule has 0 spiro atoms. The van der Waals surface area contributed by atoms with Gasteiger partial charge in [0.1, 0.15) is 0 Å². The Hall–Kier alpha value is -0.570. The molecule has 1 saturated heterocycles. The number of nitrogens with one attached hydrogen (secondary N) is 1. The third kappa shape index (κ3) is 4.21. The summed E-state index contributed by atoms with van der Waals surface area (Å²) in [6.45, 7) is 7.55. The third-order valence-electron chi connectivity index (χ3n) is 5.58. The minimum Gasteiger partial charge on any atom is -0.326 e. The Balaban J connectivity index is 1.91. The van der Waals surface area contributed by atoms with Gasteiger partial charge in [-0.3, -0.25) is 10.1 Å². The van der Waals surface area contributed by atoms with Gasteiger partial charge in [0.2, 0.25) is 5.91 Å². The number of carbonyl (C=O) groups is 1. The first-order valence-corrected chi connectivity index (χ1v) is 9.23. The Morgan fingerprint density at radius 2 is 1.90 bits per heavy atom. The highest BCUT2D eigenvalue weighted by atomic mass is 16.2. The summed E-state index contributed by atoms with van der Waals surface area (Å²) in [6.07, 6.45) is 11.7. The number of rotatable bonds is 7. The van der Waals surface area contributed by atoms with Crippen LogP contribution in [-0.2, 0) is 4.79 Å². The van der Waals surface area contributed by atoms with Gasteiger partial charge < -0.3 is 4.90 Å². The molecule has 1 aliphatic heterocycles. The van der Waals surface area contributed by atoms with E-state index in [-0.39, 0.29) is 12.2 Å². The minimum absolute atomic E-state index is 0.0536. The van der Waals surface area contributed by atoms with Crippen LogP contribution in [0.3, 0.4) is 0 Å². The number of nitrogens with zero attached hydrogens (tertiary/aromatic N) is 1. The average Bonchev–Trinajstić information content (AvgIpc) is 2.82. The lowest BCUT2D eigenvalue weighted by Gasteiger charge is -2.28. The molecule has 2 aliphatic rings. The van der Waals surface area contributed by atoms with Crippen LogP contribution in [0.5, 0.6) is 0 Å². The smallest absolute Gasteiger partial charge is 0.241 e. The first-order chi connectivity index (χ1) is 10.2. The van der Waals surface area contributed by atoms with Gasteiger partial charge in [-0.05, 0) is 24.7 Å². The van der Waals surface area contributed by atoms with Gasteiger partial charge >= 0.3 is 0 Å². The van der Waals surface area contributed by atoms with Gasteiger partial charge in [-0.15, -0.1) is 0 Å². The molecule has 2 fully saturated rings. The topological polar surface area (TPSA) is 32.3 Å². The zero-order chi connectivity index (χ0) is 15.2. The summed E-state index contributed by atoms with van der Waals surface area (Å²) in [6, 6.07) is 0.0536. The summed E-state index contributed by atoms with van der Waals surface area (Å²) in [5.74, 6) is 1.66. The molecule has 0 aromatic heterocycles. The van der Waals surface area contributed by atoms with Crippen molar-refractivity contribution in [2.24, 2.45) is 11.8 Å². The van der Waals surface area contributed by atoms with Crippen molar-refractivity contribution < 1.29 is 4.79 Å². The van der Waals surface area contributed by atoms with E-state index < -0.39 is 0 Å². The molecule has 0 aromatic rings. The van der Waals surface area contributed by atoms with E-state index in [2.05, 4.69) is 31.0 Å². The Kier molecular flexibility index (Phi) is 6.53. The summed E-state index contributed by atoms with van der Waals surface area (Å²) in [4.78, 5) is 14.9. The molecule has 0 radical (unpaired) electrons. The Morgan fingerprint density at radius 1 is 1.19 bits per heavy atom. The number of amides is 1. The van der Waals surface area contributed by atoms with Crippen LogP contribution in [-0.4, -0.2) is 29.6 Å². The maximum absolute atomic E-state index is 12.7. The maximum atomic E-state index is 12.7. The Bertz CT molecular complexity index is 325. The van der Waals surface area contributed by atoms with Crippen molar-refractivity contribution in [1.82, 2.24) is 10.2 Å². The van der Waals surface area contributed by atoms with Crippen molar-refractivity contribution in [3.63, 3.8) is 0 Å². The van der Waals surface area contributed by atoms with Crippen LogP contribution < -0.4 is 5.32 Å². The molecule has 3 heteroatoms. The van der Waals surface area contributed by atoms with Crippen LogP contribution in [0.1, 0.15) is 78.6 Å². The summed E-state index contributed by atoms with van der Waals surface area (Å²) in [5, 5.41) is 3.61. The fraction of sp³-hybridized carbons (Fsp3) is 0.944. The second-order valence-corrected chi connectivity index (χ2v) is 7.16. The second kappa shape index (κ2) is 8.17. The zero-order valence-electron chi connectivity index (χ0n) is 14.2. The molecule has 1 N–H and O–H groups in total.